The Balaban J connectivity index is 2.38. The molecule has 124 valence electrons. The van der Waals surface area contributed by atoms with Crippen molar-refractivity contribution in [2.45, 2.75) is 24.8 Å². The summed E-state index contributed by atoms with van der Waals surface area (Å²) in [7, 11) is -4.07. The van der Waals surface area contributed by atoms with E-state index in [4.69, 9.17) is 14.2 Å². The first-order valence-corrected chi connectivity index (χ1v) is 8.41. The molecule has 2 rings (SSSR count). The van der Waals surface area contributed by atoms with Crippen molar-refractivity contribution in [2.75, 3.05) is 0 Å². The summed E-state index contributed by atoms with van der Waals surface area (Å²) in [5, 5.41) is 9.17. The Labute approximate surface area is 140 Å². The first-order chi connectivity index (χ1) is 11.3. The third-order valence-corrected chi connectivity index (χ3v) is 4.36. The molecule has 2 aromatic rings. The van der Waals surface area contributed by atoms with Gasteiger partial charge in [-0.1, -0.05) is 35.9 Å². The van der Waals surface area contributed by atoms with Gasteiger partial charge in [0, 0.05) is 6.92 Å². The summed E-state index contributed by atoms with van der Waals surface area (Å²) in [5.41, 5.74) is 1.07. The van der Waals surface area contributed by atoms with Crippen LogP contribution in [0.15, 0.2) is 53.4 Å². The molecule has 0 saturated heterocycles. The predicted molar refractivity (Wildman–Crippen MR) is 85.6 cm³/mol. The van der Waals surface area contributed by atoms with Crippen molar-refractivity contribution >= 4 is 16.1 Å². The number of esters is 1. The molecule has 0 spiro atoms. The Morgan fingerprint density at radius 1 is 1.12 bits per heavy atom. The maximum Gasteiger partial charge on any atom is 0.339 e. The van der Waals surface area contributed by atoms with Crippen LogP contribution < -0.4 is 4.18 Å². The van der Waals surface area contributed by atoms with Gasteiger partial charge < -0.3 is 8.92 Å². The van der Waals surface area contributed by atoms with Gasteiger partial charge in [-0.3, -0.25) is 4.79 Å². The number of nitrogens with zero attached hydrogens (tertiary/aromatic N) is 1. The van der Waals surface area contributed by atoms with Gasteiger partial charge in [0.15, 0.2) is 5.75 Å². The van der Waals surface area contributed by atoms with Gasteiger partial charge in [0.2, 0.25) is 6.10 Å². The van der Waals surface area contributed by atoms with Gasteiger partial charge in [-0.05, 0) is 25.1 Å². The smallest absolute Gasteiger partial charge is 0.339 e. The molecule has 0 aliphatic heterocycles. The maximum atomic E-state index is 12.4. The van der Waals surface area contributed by atoms with E-state index in [1.807, 2.05) is 6.92 Å². The van der Waals surface area contributed by atoms with Gasteiger partial charge in [-0.2, -0.15) is 13.7 Å². The molecule has 0 fully saturated rings. The van der Waals surface area contributed by atoms with E-state index in [1.165, 1.54) is 24.3 Å². The summed E-state index contributed by atoms with van der Waals surface area (Å²) >= 11 is 0. The predicted octanol–water partition coefficient (Wildman–Crippen LogP) is 2.89. The van der Waals surface area contributed by atoms with Crippen LogP contribution in [0.1, 0.15) is 24.2 Å². The number of hydrogen-bond donors (Lipinski definition) is 0. The van der Waals surface area contributed by atoms with Crippen LogP contribution in [-0.2, 0) is 19.6 Å². The van der Waals surface area contributed by atoms with Gasteiger partial charge in [-0.25, -0.2) is 0 Å². The fourth-order valence-corrected chi connectivity index (χ4v) is 2.92. The number of ether oxygens (including phenoxy) is 1. The highest BCUT2D eigenvalue weighted by molar-refractivity contribution is 7.87. The summed E-state index contributed by atoms with van der Waals surface area (Å²) < 4.78 is 34.8. The van der Waals surface area contributed by atoms with Gasteiger partial charge in [0.25, 0.3) is 0 Å². The third-order valence-electron chi connectivity index (χ3n) is 3.11. The second kappa shape index (κ2) is 7.15. The molecule has 0 heterocycles. The number of hydrogen-bond acceptors (Lipinski definition) is 6. The monoisotopic (exact) mass is 345 g/mol. The minimum Gasteiger partial charge on any atom is -0.442 e. The lowest BCUT2D eigenvalue weighted by Crippen LogP contribution is -2.13. The second-order valence-electron chi connectivity index (χ2n) is 5.01. The van der Waals surface area contributed by atoms with Crippen LogP contribution in [0.3, 0.4) is 0 Å². The summed E-state index contributed by atoms with van der Waals surface area (Å²) in [5.74, 6) is -0.719. The van der Waals surface area contributed by atoms with Crippen LogP contribution in [0.25, 0.3) is 0 Å². The molecule has 6 nitrogen and oxygen atoms in total. The lowest BCUT2D eigenvalue weighted by atomic mass is 10.1. The first kappa shape index (κ1) is 17.5. The number of carbonyl (C=O) groups excluding carboxylic acids is 1. The Hall–Kier alpha value is -2.85. The van der Waals surface area contributed by atoms with Crippen molar-refractivity contribution in [1.29, 1.82) is 5.26 Å². The van der Waals surface area contributed by atoms with E-state index in [9.17, 15) is 13.2 Å². The summed E-state index contributed by atoms with van der Waals surface area (Å²) in [4.78, 5) is 11.1. The van der Waals surface area contributed by atoms with Crippen molar-refractivity contribution in [1.82, 2.24) is 0 Å². The summed E-state index contributed by atoms with van der Waals surface area (Å²) in [6.07, 6.45) is -1.26. The van der Waals surface area contributed by atoms with E-state index < -0.39 is 22.2 Å². The molecule has 0 bridgehead atoms. The number of benzene rings is 2. The zero-order valence-electron chi connectivity index (χ0n) is 13.1. The van der Waals surface area contributed by atoms with Crippen molar-refractivity contribution in [2.24, 2.45) is 0 Å². The zero-order valence-corrected chi connectivity index (χ0v) is 13.9. The van der Waals surface area contributed by atoms with Gasteiger partial charge >= 0.3 is 16.1 Å². The Morgan fingerprint density at radius 3 is 2.33 bits per heavy atom. The Morgan fingerprint density at radius 2 is 1.75 bits per heavy atom. The highest BCUT2D eigenvalue weighted by Crippen LogP contribution is 2.29. The molecule has 7 heteroatoms. The molecule has 0 radical (unpaired) electrons. The van der Waals surface area contributed by atoms with E-state index in [-0.39, 0.29) is 16.2 Å². The third kappa shape index (κ3) is 4.12. The minimum atomic E-state index is -4.07. The van der Waals surface area contributed by atoms with Gasteiger partial charge in [-0.15, -0.1) is 0 Å². The fourth-order valence-electron chi connectivity index (χ4n) is 1.97. The topological polar surface area (TPSA) is 93.5 Å². The molecule has 1 atom stereocenters. The molecule has 0 aliphatic rings. The van der Waals surface area contributed by atoms with E-state index in [0.717, 1.165) is 12.5 Å². The number of rotatable bonds is 5. The van der Waals surface area contributed by atoms with Crippen LogP contribution >= 0.6 is 0 Å². The van der Waals surface area contributed by atoms with Crippen molar-refractivity contribution in [3.63, 3.8) is 0 Å². The molecule has 24 heavy (non-hydrogen) atoms. The second-order valence-corrected chi connectivity index (χ2v) is 6.55. The Bertz CT molecular complexity index is 882. The molecule has 0 amide bonds. The van der Waals surface area contributed by atoms with Crippen molar-refractivity contribution in [3.05, 3.63) is 59.7 Å². The lowest BCUT2D eigenvalue weighted by Gasteiger charge is -2.15. The maximum absolute atomic E-state index is 12.4. The molecule has 0 aromatic heterocycles. The molecular formula is C17H15NO5S. The van der Waals surface area contributed by atoms with Crippen LogP contribution in [0, 0.1) is 18.3 Å². The molecule has 0 saturated carbocycles. The SMILES string of the molecule is CC(=O)OC(C#N)c1ccccc1OS(=O)(=O)c1ccc(C)cc1. The van der Waals surface area contributed by atoms with Crippen LogP contribution in [0.2, 0.25) is 0 Å². The first-order valence-electron chi connectivity index (χ1n) is 7.00. The number of carbonyl (C=O) groups is 1. The lowest BCUT2D eigenvalue weighted by molar-refractivity contribution is -0.144. The van der Waals surface area contributed by atoms with Crippen LogP contribution in [-0.4, -0.2) is 14.4 Å². The number of aryl methyl sites for hydroxylation is 1. The minimum absolute atomic E-state index is 0.0103. The quantitative estimate of drug-likeness (QED) is 0.611. The summed E-state index contributed by atoms with van der Waals surface area (Å²) in [6, 6.07) is 14.0. The van der Waals surface area contributed by atoms with Gasteiger partial charge in [0.1, 0.15) is 11.0 Å². The highest BCUT2D eigenvalue weighted by atomic mass is 32.2. The highest BCUT2D eigenvalue weighted by Gasteiger charge is 2.23. The fraction of sp³-hybridized carbons (Fsp3) is 0.176. The summed E-state index contributed by atoms with van der Waals surface area (Å²) in [6.45, 7) is 3.00. The zero-order chi connectivity index (χ0) is 17.7. The molecule has 1 unspecified atom stereocenters. The molecular weight excluding hydrogens is 330 g/mol. The Kier molecular flexibility index (Phi) is 5.21. The van der Waals surface area contributed by atoms with E-state index in [0.29, 0.717) is 0 Å². The number of nitriles is 1. The average Bonchev–Trinajstić information content (AvgIpc) is 2.53. The largest absolute Gasteiger partial charge is 0.442 e. The van der Waals surface area contributed by atoms with Crippen LogP contribution in [0.5, 0.6) is 5.75 Å². The van der Waals surface area contributed by atoms with Crippen LogP contribution in [0.4, 0.5) is 0 Å². The van der Waals surface area contributed by atoms with E-state index in [2.05, 4.69) is 0 Å². The standard InChI is InChI=1S/C17H15NO5S/c1-12-7-9-14(10-8-12)24(20,21)23-16-6-4-3-5-15(16)17(11-18)22-13(2)19/h3-10,17H,1-2H3. The normalized spacial score (nSPS) is 12.0. The number of para-hydroxylation sites is 1. The van der Waals surface area contributed by atoms with Gasteiger partial charge in [0.05, 0.1) is 5.56 Å². The molecule has 0 N–H and O–H groups in total. The average molecular weight is 345 g/mol. The van der Waals surface area contributed by atoms with E-state index in [1.54, 1.807) is 30.3 Å². The molecule has 2 aromatic carbocycles. The van der Waals surface area contributed by atoms with E-state index >= 15 is 0 Å². The van der Waals surface area contributed by atoms with Crippen molar-refractivity contribution < 1.29 is 22.1 Å². The van der Waals surface area contributed by atoms with Crippen molar-refractivity contribution in [3.8, 4) is 11.8 Å². The molecule has 0 aliphatic carbocycles.